The number of hydrogen-bond acceptors (Lipinski definition) is 5. The van der Waals surface area contributed by atoms with Crippen LogP contribution in [-0.2, 0) is 9.59 Å². The molecule has 0 unspecified atom stereocenters. The average Bonchev–Trinajstić information content (AvgIpc) is 2.66. The summed E-state index contributed by atoms with van der Waals surface area (Å²) in [4.78, 5) is 38.0. The van der Waals surface area contributed by atoms with Crippen molar-refractivity contribution in [3.63, 3.8) is 0 Å². The third kappa shape index (κ3) is 3.94. The van der Waals surface area contributed by atoms with Crippen molar-refractivity contribution in [3.8, 4) is 0 Å². The van der Waals surface area contributed by atoms with E-state index in [0.29, 0.717) is 5.69 Å². The Hall–Kier alpha value is -3.46. The molecule has 1 aliphatic rings. The lowest BCUT2D eigenvalue weighted by molar-refractivity contribution is -0.130. The second-order valence-corrected chi connectivity index (χ2v) is 6.37. The third-order valence-electron chi connectivity index (χ3n) is 4.00. The Balaban J connectivity index is 1.76. The quantitative estimate of drug-likeness (QED) is 0.356. The summed E-state index contributed by atoms with van der Waals surface area (Å²) in [5.41, 5.74) is 3.39. The molecular formula is C19H15FN4O3S. The lowest BCUT2D eigenvalue weighted by atomic mass is 10.1. The van der Waals surface area contributed by atoms with Gasteiger partial charge in [-0.15, -0.1) is 0 Å². The second kappa shape index (κ2) is 8.05. The number of benzene rings is 2. The van der Waals surface area contributed by atoms with Gasteiger partial charge in [-0.05, 0) is 43.4 Å². The average molecular weight is 398 g/mol. The number of nitrogens with one attached hydrogen (secondary N) is 2. The molecule has 1 aliphatic heterocycles. The molecule has 9 heteroatoms. The topological polar surface area (TPSA) is 90.9 Å². The zero-order valence-corrected chi connectivity index (χ0v) is 15.5. The minimum Gasteiger partial charge on any atom is -0.301 e. The number of rotatable bonds is 4. The molecule has 2 aromatic rings. The molecule has 28 heavy (non-hydrogen) atoms. The zero-order valence-electron chi connectivity index (χ0n) is 14.7. The van der Waals surface area contributed by atoms with Gasteiger partial charge in [-0.1, -0.05) is 29.8 Å². The van der Waals surface area contributed by atoms with Crippen LogP contribution < -0.4 is 15.6 Å². The highest BCUT2D eigenvalue weighted by Gasteiger charge is 2.38. The first kappa shape index (κ1) is 19.3. The van der Waals surface area contributed by atoms with Crippen LogP contribution in [0.25, 0.3) is 0 Å². The van der Waals surface area contributed by atoms with E-state index in [-0.39, 0.29) is 10.7 Å². The standard InChI is InChI=1S/C19H15FN4O3S/c1-11-6-8-12(9-7-11)24-18(27)14(16(25)22-19(24)28)10-21-23-17(26)13-4-2-3-5-15(13)20/h2-10,14H,1H3,(H,23,26)(H,22,25,28)/b21-10+/t14-/m0/s1. The number of carbonyl (C=O) groups is 3. The molecule has 2 aromatic carbocycles. The number of thiocarbonyl (C=S) groups is 1. The van der Waals surface area contributed by atoms with Gasteiger partial charge in [0.1, 0.15) is 5.82 Å². The van der Waals surface area contributed by atoms with Gasteiger partial charge in [0, 0.05) is 6.21 Å². The van der Waals surface area contributed by atoms with Gasteiger partial charge < -0.3 is 5.32 Å². The molecule has 0 aromatic heterocycles. The summed E-state index contributed by atoms with van der Waals surface area (Å²) in [7, 11) is 0. The van der Waals surface area contributed by atoms with E-state index in [1.54, 1.807) is 24.3 Å². The van der Waals surface area contributed by atoms with E-state index in [4.69, 9.17) is 12.2 Å². The number of hydrazone groups is 1. The number of hydrogen-bond donors (Lipinski definition) is 2. The SMILES string of the molecule is Cc1ccc(N2C(=O)[C@@H](/C=N/NC(=O)c3ccccc3F)C(=O)NC2=S)cc1. The molecule has 0 saturated carbocycles. The molecule has 1 saturated heterocycles. The highest BCUT2D eigenvalue weighted by Crippen LogP contribution is 2.20. The highest BCUT2D eigenvalue weighted by molar-refractivity contribution is 7.80. The van der Waals surface area contributed by atoms with Crippen LogP contribution >= 0.6 is 12.2 Å². The molecule has 1 atom stereocenters. The van der Waals surface area contributed by atoms with E-state index in [1.165, 1.54) is 23.1 Å². The predicted octanol–water partition coefficient (Wildman–Crippen LogP) is 1.91. The fourth-order valence-electron chi connectivity index (χ4n) is 2.54. The number of carbonyl (C=O) groups excluding carboxylic acids is 3. The van der Waals surface area contributed by atoms with Crippen molar-refractivity contribution in [2.45, 2.75) is 6.92 Å². The van der Waals surface area contributed by atoms with Gasteiger partial charge in [-0.3, -0.25) is 19.3 Å². The van der Waals surface area contributed by atoms with Crippen molar-refractivity contribution in [1.29, 1.82) is 0 Å². The van der Waals surface area contributed by atoms with Crippen LogP contribution in [0, 0.1) is 18.7 Å². The Morgan fingerprint density at radius 3 is 2.57 bits per heavy atom. The van der Waals surface area contributed by atoms with Gasteiger partial charge in [0.25, 0.3) is 11.8 Å². The van der Waals surface area contributed by atoms with Crippen LogP contribution in [0.15, 0.2) is 53.6 Å². The summed E-state index contributed by atoms with van der Waals surface area (Å²) in [6.07, 6.45) is 0.985. The Morgan fingerprint density at radius 2 is 1.89 bits per heavy atom. The fraction of sp³-hybridized carbons (Fsp3) is 0.105. The fourth-order valence-corrected chi connectivity index (χ4v) is 2.83. The molecule has 7 nitrogen and oxygen atoms in total. The lowest BCUT2D eigenvalue weighted by Crippen LogP contribution is -2.58. The van der Waals surface area contributed by atoms with Gasteiger partial charge >= 0.3 is 0 Å². The molecule has 3 amide bonds. The summed E-state index contributed by atoms with van der Waals surface area (Å²) < 4.78 is 13.6. The van der Waals surface area contributed by atoms with Gasteiger partial charge in [0.05, 0.1) is 11.3 Å². The van der Waals surface area contributed by atoms with Gasteiger partial charge in [-0.2, -0.15) is 5.10 Å². The highest BCUT2D eigenvalue weighted by atomic mass is 32.1. The number of halogens is 1. The van der Waals surface area contributed by atoms with Gasteiger partial charge in [-0.25, -0.2) is 9.82 Å². The molecule has 0 bridgehead atoms. The Morgan fingerprint density at radius 1 is 1.21 bits per heavy atom. The first-order chi connectivity index (χ1) is 13.4. The van der Waals surface area contributed by atoms with Crippen molar-refractivity contribution in [3.05, 3.63) is 65.5 Å². The maximum atomic E-state index is 13.6. The van der Waals surface area contributed by atoms with Crippen molar-refractivity contribution in [2.24, 2.45) is 11.0 Å². The zero-order chi connectivity index (χ0) is 20.3. The van der Waals surface area contributed by atoms with Crippen LogP contribution in [0.2, 0.25) is 0 Å². The largest absolute Gasteiger partial charge is 0.301 e. The van der Waals surface area contributed by atoms with Crippen LogP contribution in [0.4, 0.5) is 10.1 Å². The summed E-state index contributed by atoms with van der Waals surface area (Å²) in [6.45, 7) is 1.90. The van der Waals surface area contributed by atoms with E-state index in [0.717, 1.165) is 17.8 Å². The van der Waals surface area contributed by atoms with Crippen LogP contribution in [0.1, 0.15) is 15.9 Å². The minimum absolute atomic E-state index is 0.0427. The number of nitrogens with zero attached hydrogens (tertiary/aromatic N) is 2. The first-order valence-corrected chi connectivity index (χ1v) is 8.63. The van der Waals surface area contributed by atoms with Gasteiger partial charge in [0.2, 0.25) is 5.91 Å². The Labute approximate surface area is 165 Å². The van der Waals surface area contributed by atoms with Crippen LogP contribution in [0.5, 0.6) is 0 Å². The minimum atomic E-state index is -1.30. The number of amides is 3. The number of aryl methyl sites for hydroxylation is 1. The monoisotopic (exact) mass is 398 g/mol. The molecule has 0 aliphatic carbocycles. The lowest BCUT2D eigenvalue weighted by Gasteiger charge is -2.30. The smallest absolute Gasteiger partial charge is 0.274 e. The molecule has 3 rings (SSSR count). The van der Waals surface area contributed by atoms with Crippen molar-refractivity contribution in [1.82, 2.24) is 10.7 Å². The molecule has 2 N–H and O–H groups in total. The van der Waals surface area contributed by atoms with E-state index in [2.05, 4.69) is 15.8 Å². The van der Waals surface area contributed by atoms with E-state index < -0.39 is 29.5 Å². The number of anilines is 1. The Bertz CT molecular complexity index is 991. The molecule has 1 heterocycles. The normalized spacial score (nSPS) is 17.0. The summed E-state index contributed by atoms with van der Waals surface area (Å²) >= 11 is 5.10. The molecule has 0 radical (unpaired) electrons. The summed E-state index contributed by atoms with van der Waals surface area (Å²) in [5.74, 6) is -4.08. The predicted molar refractivity (Wildman–Crippen MR) is 105 cm³/mol. The van der Waals surface area contributed by atoms with Crippen molar-refractivity contribution < 1.29 is 18.8 Å². The first-order valence-electron chi connectivity index (χ1n) is 8.22. The van der Waals surface area contributed by atoms with E-state index in [1.807, 2.05) is 6.92 Å². The molecule has 1 fully saturated rings. The maximum Gasteiger partial charge on any atom is 0.274 e. The summed E-state index contributed by atoms with van der Waals surface area (Å²) in [5, 5.41) is 6.03. The van der Waals surface area contributed by atoms with Crippen LogP contribution in [0.3, 0.4) is 0 Å². The van der Waals surface area contributed by atoms with Crippen LogP contribution in [-0.4, -0.2) is 29.0 Å². The maximum absolute atomic E-state index is 13.6. The second-order valence-electron chi connectivity index (χ2n) is 5.98. The van der Waals surface area contributed by atoms with Crippen molar-refractivity contribution in [2.75, 3.05) is 4.90 Å². The van der Waals surface area contributed by atoms with E-state index in [9.17, 15) is 18.8 Å². The van der Waals surface area contributed by atoms with Crippen molar-refractivity contribution >= 4 is 47.0 Å². The molecule has 0 spiro atoms. The molecule has 142 valence electrons. The Kier molecular flexibility index (Phi) is 5.55. The van der Waals surface area contributed by atoms with Gasteiger partial charge in [0.15, 0.2) is 11.0 Å². The van der Waals surface area contributed by atoms with E-state index >= 15 is 0 Å². The third-order valence-corrected chi connectivity index (χ3v) is 4.29. The summed E-state index contributed by atoms with van der Waals surface area (Å²) in [6, 6.07) is 12.4. The molecular weight excluding hydrogens is 383 g/mol.